The van der Waals surface area contributed by atoms with Crippen molar-refractivity contribution >= 4 is 0 Å². The third-order valence-electron chi connectivity index (χ3n) is 4.84. The van der Waals surface area contributed by atoms with E-state index < -0.39 is 0 Å². The van der Waals surface area contributed by atoms with E-state index in [2.05, 4.69) is 56.0 Å². The van der Waals surface area contributed by atoms with E-state index in [-0.39, 0.29) is 6.04 Å². The first-order chi connectivity index (χ1) is 12.7. The van der Waals surface area contributed by atoms with Crippen LogP contribution < -0.4 is 0 Å². The van der Waals surface area contributed by atoms with Crippen LogP contribution in [0.3, 0.4) is 0 Å². The topological polar surface area (TPSA) is 66.9 Å². The second kappa shape index (κ2) is 7.35. The minimum atomic E-state index is 0.143. The summed E-state index contributed by atoms with van der Waals surface area (Å²) in [5.41, 5.74) is 5.98. The Hall–Kier alpha value is -2.57. The second-order valence-electron chi connectivity index (χ2n) is 6.74. The van der Waals surface area contributed by atoms with Gasteiger partial charge in [-0.05, 0) is 12.5 Å². The second-order valence-corrected chi connectivity index (χ2v) is 6.74. The van der Waals surface area contributed by atoms with Crippen LogP contribution in [-0.2, 0) is 24.3 Å². The van der Waals surface area contributed by atoms with Gasteiger partial charge in [0, 0.05) is 50.3 Å². The maximum Gasteiger partial charge on any atom is 0.153 e. The Bertz CT molecular complexity index is 857. The molecule has 0 saturated carbocycles. The van der Waals surface area contributed by atoms with Crippen LogP contribution in [0.4, 0.5) is 0 Å². The van der Waals surface area contributed by atoms with E-state index in [0.29, 0.717) is 12.4 Å². The third kappa shape index (κ3) is 3.38. The summed E-state index contributed by atoms with van der Waals surface area (Å²) in [6, 6.07) is 8.88. The van der Waals surface area contributed by atoms with Gasteiger partial charge in [-0.15, -0.1) is 0 Å². The molecule has 26 heavy (non-hydrogen) atoms. The molecule has 0 bridgehead atoms. The molecule has 134 valence electrons. The van der Waals surface area contributed by atoms with E-state index in [4.69, 9.17) is 4.74 Å². The Morgan fingerprint density at radius 2 is 1.92 bits per heavy atom. The molecule has 0 amide bonds. The van der Waals surface area contributed by atoms with Gasteiger partial charge in [0.05, 0.1) is 18.1 Å². The summed E-state index contributed by atoms with van der Waals surface area (Å²) in [6.07, 6.45) is 6.57. The molecular weight excluding hydrogens is 326 g/mol. The molecule has 0 radical (unpaired) electrons. The highest BCUT2D eigenvalue weighted by Gasteiger charge is 2.31. The Kier molecular flexibility index (Phi) is 4.77. The highest BCUT2D eigenvalue weighted by Crippen LogP contribution is 2.34. The Morgan fingerprint density at radius 3 is 2.65 bits per heavy atom. The fraction of sp³-hybridized carbons (Fsp3) is 0.350. The van der Waals surface area contributed by atoms with Crippen molar-refractivity contribution in [3.05, 3.63) is 76.9 Å². The first kappa shape index (κ1) is 16.9. The minimum absolute atomic E-state index is 0.143. The number of rotatable bonds is 5. The van der Waals surface area contributed by atoms with Crippen molar-refractivity contribution in [2.24, 2.45) is 0 Å². The van der Waals surface area contributed by atoms with Crippen LogP contribution in [0.25, 0.3) is 0 Å². The standard InChI is InChI=1S/C20H23N5O/c1-14-3-5-16(6-4-14)20-19-17(23-13-24-19)7-8-25(20)11-15-9-21-18(12-26-2)22-10-15/h3-6,9-10,13,20H,7-8,11-12H2,1-2H3,(H,23,24). The summed E-state index contributed by atoms with van der Waals surface area (Å²) in [5, 5.41) is 0. The van der Waals surface area contributed by atoms with E-state index in [9.17, 15) is 0 Å². The summed E-state index contributed by atoms with van der Waals surface area (Å²) in [6.45, 7) is 4.31. The van der Waals surface area contributed by atoms with Crippen LogP contribution in [0.1, 0.15) is 39.9 Å². The average molecular weight is 349 g/mol. The molecule has 0 fully saturated rings. The zero-order chi connectivity index (χ0) is 17.9. The van der Waals surface area contributed by atoms with Gasteiger partial charge in [0.1, 0.15) is 6.61 Å². The van der Waals surface area contributed by atoms with Gasteiger partial charge < -0.3 is 9.72 Å². The van der Waals surface area contributed by atoms with E-state index >= 15 is 0 Å². The summed E-state index contributed by atoms with van der Waals surface area (Å²) in [4.78, 5) is 19.2. The van der Waals surface area contributed by atoms with Crippen LogP contribution in [0.2, 0.25) is 0 Å². The predicted molar refractivity (Wildman–Crippen MR) is 98.5 cm³/mol. The van der Waals surface area contributed by atoms with Gasteiger partial charge >= 0.3 is 0 Å². The summed E-state index contributed by atoms with van der Waals surface area (Å²) in [7, 11) is 1.65. The summed E-state index contributed by atoms with van der Waals surface area (Å²) < 4.78 is 5.09. The van der Waals surface area contributed by atoms with Crippen molar-refractivity contribution in [1.82, 2.24) is 24.8 Å². The quantitative estimate of drug-likeness (QED) is 0.767. The lowest BCUT2D eigenvalue weighted by Crippen LogP contribution is -2.36. The lowest BCUT2D eigenvalue weighted by Gasteiger charge is -2.35. The lowest BCUT2D eigenvalue weighted by atomic mass is 9.94. The van der Waals surface area contributed by atoms with Gasteiger partial charge in [0.2, 0.25) is 0 Å². The van der Waals surface area contributed by atoms with Gasteiger partial charge in [0.15, 0.2) is 5.82 Å². The van der Waals surface area contributed by atoms with E-state index in [0.717, 1.165) is 30.8 Å². The van der Waals surface area contributed by atoms with Crippen molar-refractivity contribution in [2.45, 2.75) is 32.5 Å². The van der Waals surface area contributed by atoms with Crippen LogP contribution in [0.15, 0.2) is 43.0 Å². The highest BCUT2D eigenvalue weighted by molar-refractivity contribution is 5.34. The normalized spacial score (nSPS) is 17.2. The van der Waals surface area contributed by atoms with Crippen molar-refractivity contribution in [3.63, 3.8) is 0 Å². The molecule has 0 aliphatic carbocycles. The Balaban J connectivity index is 1.62. The first-order valence-electron chi connectivity index (χ1n) is 8.86. The first-order valence-corrected chi connectivity index (χ1v) is 8.86. The van der Waals surface area contributed by atoms with Crippen molar-refractivity contribution in [3.8, 4) is 0 Å². The predicted octanol–water partition coefficient (Wildman–Crippen LogP) is 2.80. The maximum atomic E-state index is 5.09. The van der Waals surface area contributed by atoms with Gasteiger partial charge in [0.25, 0.3) is 0 Å². The van der Waals surface area contributed by atoms with Crippen molar-refractivity contribution in [1.29, 1.82) is 0 Å². The molecule has 4 rings (SSSR count). The van der Waals surface area contributed by atoms with Crippen LogP contribution >= 0.6 is 0 Å². The van der Waals surface area contributed by atoms with Gasteiger partial charge in [-0.2, -0.15) is 0 Å². The number of aryl methyl sites for hydroxylation is 1. The molecule has 0 spiro atoms. The molecule has 1 aliphatic heterocycles. The largest absolute Gasteiger partial charge is 0.377 e. The fourth-order valence-electron chi connectivity index (χ4n) is 3.51. The number of methoxy groups -OCH3 is 1. The molecule has 1 atom stereocenters. The molecule has 1 aromatic carbocycles. The fourth-order valence-corrected chi connectivity index (χ4v) is 3.51. The molecule has 0 saturated heterocycles. The van der Waals surface area contributed by atoms with E-state index in [1.54, 1.807) is 13.4 Å². The van der Waals surface area contributed by atoms with Gasteiger partial charge in [-0.3, -0.25) is 4.90 Å². The Labute approximate surface area is 153 Å². The third-order valence-corrected chi connectivity index (χ3v) is 4.84. The van der Waals surface area contributed by atoms with Crippen LogP contribution in [0, 0.1) is 6.92 Å². The molecular formula is C20H23N5O. The SMILES string of the molecule is COCc1ncc(CN2CCc3[nH]cnc3C2c2ccc(C)cc2)cn1. The zero-order valence-electron chi connectivity index (χ0n) is 15.1. The smallest absolute Gasteiger partial charge is 0.153 e. The molecule has 2 aromatic heterocycles. The Morgan fingerprint density at radius 1 is 1.15 bits per heavy atom. The average Bonchev–Trinajstić information content (AvgIpc) is 3.13. The zero-order valence-corrected chi connectivity index (χ0v) is 15.1. The van der Waals surface area contributed by atoms with Crippen LogP contribution in [0.5, 0.6) is 0 Å². The van der Waals surface area contributed by atoms with Gasteiger partial charge in [-0.25, -0.2) is 15.0 Å². The molecule has 3 aromatic rings. The number of benzene rings is 1. The number of hydrogen-bond donors (Lipinski definition) is 1. The number of aromatic nitrogens is 4. The maximum absolute atomic E-state index is 5.09. The number of nitrogens with one attached hydrogen (secondary N) is 1. The van der Waals surface area contributed by atoms with Crippen LogP contribution in [-0.4, -0.2) is 38.5 Å². The monoisotopic (exact) mass is 349 g/mol. The summed E-state index contributed by atoms with van der Waals surface area (Å²) in [5.74, 6) is 0.708. The van der Waals surface area contributed by atoms with E-state index in [1.807, 2.05) is 12.4 Å². The number of hydrogen-bond acceptors (Lipinski definition) is 5. The van der Waals surface area contributed by atoms with E-state index in [1.165, 1.54) is 16.8 Å². The number of H-pyrrole nitrogens is 1. The van der Waals surface area contributed by atoms with Crippen molar-refractivity contribution in [2.75, 3.05) is 13.7 Å². The van der Waals surface area contributed by atoms with Gasteiger partial charge in [-0.1, -0.05) is 29.8 Å². The number of ether oxygens (including phenoxy) is 1. The van der Waals surface area contributed by atoms with Crippen molar-refractivity contribution < 1.29 is 4.74 Å². The molecule has 3 heterocycles. The number of nitrogens with zero attached hydrogens (tertiary/aromatic N) is 4. The number of imidazole rings is 1. The highest BCUT2D eigenvalue weighted by atomic mass is 16.5. The molecule has 6 heteroatoms. The molecule has 1 unspecified atom stereocenters. The lowest BCUT2D eigenvalue weighted by molar-refractivity contribution is 0.177. The number of aromatic amines is 1. The number of fused-ring (bicyclic) bond motifs is 1. The molecule has 1 N–H and O–H groups in total. The molecule has 1 aliphatic rings. The molecule has 6 nitrogen and oxygen atoms in total. The summed E-state index contributed by atoms with van der Waals surface area (Å²) >= 11 is 0. The minimum Gasteiger partial charge on any atom is -0.377 e.